The number of rotatable bonds is 5. The summed E-state index contributed by atoms with van der Waals surface area (Å²) in [6.45, 7) is 9.14. The van der Waals surface area contributed by atoms with Crippen molar-refractivity contribution < 1.29 is 9.53 Å². The van der Waals surface area contributed by atoms with Gasteiger partial charge in [-0.1, -0.05) is 20.8 Å². The highest BCUT2D eigenvalue weighted by Crippen LogP contribution is 2.16. The SMILES string of the molecule is COC(=O)CNc1cc(NCC(C)(C)C)nc(C)n1. The van der Waals surface area contributed by atoms with Crippen LogP contribution in [0.3, 0.4) is 0 Å². The van der Waals surface area contributed by atoms with Crippen LogP contribution in [0.1, 0.15) is 26.6 Å². The number of methoxy groups -OCH3 is 1. The Morgan fingerprint density at radius 2 is 1.84 bits per heavy atom. The maximum Gasteiger partial charge on any atom is 0.325 e. The zero-order valence-electron chi connectivity index (χ0n) is 12.2. The van der Waals surface area contributed by atoms with E-state index in [1.165, 1.54) is 7.11 Å². The lowest BCUT2D eigenvalue weighted by atomic mass is 9.97. The Labute approximate surface area is 114 Å². The first-order chi connectivity index (χ1) is 8.80. The summed E-state index contributed by atoms with van der Waals surface area (Å²) in [5.41, 5.74) is 0.165. The van der Waals surface area contributed by atoms with Crippen LogP contribution in [0.5, 0.6) is 0 Å². The number of nitrogens with zero attached hydrogens (tertiary/aromatic N) is 2. The summed E-state index contributed by atoms with van der Waals surface area (Å²) in [6, 6.07) is 1.78. The second kappa shape index (κ2) is 6.36. The lowest BCUT2D eigenvalue weighted by molar-refractivity contribution is -0.138. The Hall–Kier alpha value is -1.85. The molecule has 0 aliphatic heterocycles. The molecule has 6 nitrogen and oxygen atoms in total. The lowest BCUT2D eigenvalue weighted by Crippen LogP contribution is -2.20. The topological polar surface area (TPSA) is 76.1 Å². The standard InChI is InChI=1S/C13H22N4O2/c1-9-16-10(14-7-12(18)19-5)6-11(17-9)15-8-13(2,3)4/h6H,7-8H2,1-5H3,(H2,14,15,16,17). The van der Waals surface area contributed by atoms with Gasteiger partial charge in [-0.25, -0.2) is 9.97 Å². The summed E-state index contributed by atoms with van der Waals surface area (Å²) in [7, 11) is 1.35. The number of nitrogens with one attached hydrogen (secondary N) is 2. The normalized spacial score (nSPS) is 11.0. The Balaban J connectivity index is 2.68. The zero-order chi connectivity index (χ0) is 14.5. The number of hydrogen-bond donors (Lipinski definition) is 2. The van der Waals surface area contributed by atoms with Crippen LogP contribution in [0.4, 0.5) is 11.6 Å². The van der Waals surface area contributed by atoms with Gasteiger partial charge in [-0.2, -0.15) is 0 Å². The van der Waals surface area contributed by atoms with E-state index in [0.717, 1.165) is 12.4 Å². The molecule has 0 atom stereocenters. The molecule has 1 rings (SSSR count). The zero-order valence-corrected chi connectivity index (χ0v) is 12.2. The van der Waals surface area contributed by atoms with Gasteiger partial charge in [-0.15, -0.1) is 0 Å². The summed E-state index contributed by atoms with van der Waals surface area (Å²) in [6.07, 6.45) is 0. The lowest BCUT2D eigenvalue weighted by Gasteiger charge is -2.19. The smallest absolute Gasteiger partial charge is 0.325 e. The van der Waals surface area contributed by atoms with Crippen molar-refractivity contribution in [2.75, 3.05) is 30.8 Å². The van der Waals surface area contributed by atoms with E-state index in [4.69, 9.17) is 0 Å². The Morgan fingerprint density at radius 1 is 1.26 bits per heavy atom. The van der Waals surface area contributed by atoms with Crippen molar-refractivity contribution in [3.8, 4) is 0 Å². The number of carbonyl (C=O) groups is 1. The van der Waals surface area contributed by atoms with Gasteiger partial charge in [0.2, 0.25) is 0 Å². The maximum atomic E-state index is 11.1. The summed E-state index contributed by atoms with van der Waals surface area (Å²) >= 11 is 0. The van der Waals surface area contributed by atoms with Gasteiger partial charge in [-0.3, -0.25) is 4.79 Å². The van der Waals surface area contributed by atoms with Crippen LogP contribution in [0, 0.1) is 12.3 Å². The highest BCUT2D eigenvalue weighted by atomic mass is 16.5. The number of esters is 1. The van der Waals surface area contributed by atoms with E-state index < -0.39 is 0 Å². The fraction of sp³-hybridized carbons (Fsp3) is 0.615. The van der Waals surface area contributed by atoms with Gasteiger partial charge < -0.3 is 15.4 Å². The first-order valence-electron chi connectivity index (χ1n) is 6.20. The fourth-order valence-corrected chi connectivity index (χ4v) is 1.34. The summed E-state index contributed by atoms with van der Waals surface area (Å²) in [5.74, 6) is 1.66. The van der Waals surface area contributed by atoms with Crippen LogP contribution in [-0.2, 0) is 9.53 Å². The van der Waals surface area contributed by atoms with E-state index in [1.54, 1.807) is 6.07 Å². The van der Waals surface area contributed by atoms with Crippen molar-refractivity contribution in [2.24, 2.45) is 5.41 Å². The molecule has 0 fully saturated rings. The third-order valence-corrected chi connectivity index (χ3v) is 2.28. The number of hydrogen-bond acceptors (Lipinski definition) is 6. The van der Waals surface area contributed by atoms with E-state index >= 15 is 0 Å². The van der Waals surface area contributed by atoms with Gasteiger partial charge in [0.05, 0.1) is 7.11 Å². The molecular weight excluding hydrogens is 244 g/mol. The average Bonchev–Trinajstić information content (AvgIpc) is 2.32. The van der Waals surface area contributed by atoms with Gasteiger partial charge in [0, 0.05) is 12.6 Å². The maximum absolute atomic E-state index is 11.1. The third kappa shape index (κ3) is 6.03. The van der Waals surface area contributed by atoms with E-state index in [9.17, 15) is 4.79 Å². The van der Waals surface area contributed by atoms with Gasteiger partial charge in [-0.05, 0) is 12.3 Å². The van der Waals surface area contributed by atoms with Crippen LogP contribution < -0.4 is 10.6 Å². The third-order valence-electron chi connectivity index (χ3n) is 2.28. The average molecular weight is 266 g/mol. The minimum absolute atomic E-state index is 0.0890. The minimum atomic E-state index is -0.333. The molecule has 1 heterocycles. The van der Waals surface area contributed by atoms with Gasteiger partial charge >= 0.3 is 5.97 Å². The first kappa shape index (κ1) is 15.2. The molecule has 1 aromatic heterocycles. The van der Waals surface area contributed by atoms with Crippen molar-refractivity contribution in [1.29, 1.82) is 0 Å². The molecule has 0 aromatic carbocycles. The van der Waals surface area contributed by atoms with E-state index in [2.05, 4.69) is 46.1 Å². The number of aryl methyl sites for hydroxylation is 1. The molecule has 0 spiro atoms. The number of ether oxygens (including phenoxy) is 1. The van der Waals surface area contributed by atoms with Gasteiger partial charge in [0.25, 0.3) is 0 Å². The Kier molecular flexibility index (Phi) is 5.09. The molecule has 106 valence electrons. The van der Waals surface area contributed by atoms with Crippen LogP contribution in [0.2, 0.25) is 0 Å². The second-order valence-corrected chi connectivity index (χ2v) is 5.53. The largest absolute Gasteiger partial charge is 0.468 e. The summed E-state index contributed by atoms with van der Waals surface area (Å²) in [4.78, 5) is 19.6. The Bertz CT molecular complexity index is 441. The van der Waals surface area contributed by atoms with Gasteiger partial charge in [0.15, 0.2) is 0 Å². The summed E-state index contributed by atoms with van der Waals surface area (Å²) in [5, 5.41) is 6.17. The number of carbonyl (C=O) groups excluding carboxylic acids is 1. The molecular formula is C13H22N4O2. The van der Waals surface area contributed by atoms with Crippen LogP contribution in [0.25, 0.3) is 0 Å². The molecule has 0 saturated heterocycles. The van der Waals surface area contributed by atoms with E-state index in [1.807, 2.05) is 6.92 Å². The fourth-order valence-electron chi connectivity index (χ4n) is 1.34. The Morgan fingerprint density at radius 3 is 2.37 bits per heavy atom. The van der Waals surface area contributed by atoms with Crippen LogP contribution >= 0.6 is 0 Å². The molecule has 0 aliphatic carbocycles. The predicted molar refractivity (Wildman–Crippen MR) is 75.2 cm³/mol. The first-order valence-corrected chi connectivity index (χ1v) is 6.20. The summed E-state index contributed by atoms with van der Waals surface area (Å²) < 4.78 is 4.56. The van der Waals surface area contributed by atoms with Crippen molar-refractivity contribution >= 4 is 17.6 Å². The van der Waals surface area contributed by atoms with E-state index in [-0.39, 0.29) is 17.9 Å². The van der Waals surface area contributed by atoms with Crippen molar-refractivity contribution in [1.82, 2.24) is 9.97 Å². The number of anilines is 2. The molecule has 0 saturated carbocycles. The molecule has 0 bridgehead atoms. The highest BCUT2D eigenvalue weighted by molar-refractivity contribution is 5.74. The number of aromatic nitrogens is 2. The molecule has 2 N–H and O–H groups in total. The quantitative estimate of drug-likeness (QED) is 0.792. The van der Waals surface area contributed by atoms with Gasteiger partial charge in [0.1, 0.15) is 24.0 Å². The highest BCUT2D eigenvalue weighted by Gasteiger charge is 2.11. The molecule has 19 heavy (non-hydrogen) atoms. The molecule has 0 aliphatic rings. The predicted octanol–water partition coefficient (Wildman–Crippen LogP) is 1.83. The minimum Gasteiger partial charge on any atom is -0.468 e. The molecule has 6 heteroatoms. The molecule has 0 amide bonds. The van der Waals surface area contributed by atoms with E-state index in [0.29, 0.717) is 11.6 Å². The van der Waals surface area contributed by atoms with Crippen LogP contribution in [0.15, 0.2) is 6.07 Å². The van der Waals surface area contributed by atoms with Crippen molar-refractivity contribution in [3.05, 3.63) is 11.9 Å². The van der Waals surface area contributed by atoms with Crippen molar-refractivity contribution in [3.63, 3.8) is 0 Å². The molecule has 0 unspecified atom stereocenters. The van der Waals surface area contributed by atoms with Crippen LogP contribution in [-0.4, -0.2) is 36.1 Å². The van der Waals surface area contributed by atoms with Crippen molar-refractivity contribution in [2.45, 2.75) is 27.7 Å². The monoisotopic (exact) mass is 266 g/mol. The molecule has 0 radical (unpaired) electrons. The second-order valence-electron chi connectivity index (χ2n) is 5.53. The molecule has 1 aromatic rings.